The summed E-state index contributed by atoms with van der Waals surface area (Å²) in [5.41, 5.74) is 3.51. The highest BCUT2D eigenvalue weighted by atomic mass is 15.5. The number of anilines is 3. The number of nitrogens with zero attached hydrogens (tertiary/aromatic N) is 7. The van der Waals surface area contributed by atoms with Crippen molar-refractivity contribution >= 4 is 17.5 Å². The quantitative estimate of drug-likeness (QED) is 0.513. The van der Waals surface area contributed by atoms with Crippen molar-refractivity contribution in [1.29, 1.82) is 0 Å². The Kier molecular flexibility index (Phi) is 3.27. The Balaban J connectivity index is 1.53. The van der Waals surface area contributed by atoms with Gasteiger partial charge in [0.05, 0.1) is 16.9 Å². The van der Waals surface area contributed by atoms with Gasteiger partial charge >= 0.3 is 0 Å². The minimum atomic E-state index is 0.513. The van der Waals surface area contributed by atoms with Gasteiger partial charge < -0.3 is 10.6 Å². The van der Waals surface area contributed by atoms with Crippen molar-refractivity contribution in [3.05, 3.63) is 60.6 Å². The predicted molar refractivity (Wildman–Crippen MR) is 95.0 cm³/mol. The minimum absolute atomic E-state index is 0.513. The monoisotopic (exact) mass is 343 g/mol. The number of aromatic nitrogens is 7. The van der Waals surface area contributed by atoms with Crippen LogP contribution in [0.4, 0.5) is 17.5 Å². The number of hydrogen-bond donors (Lipinski definition) is 2. The number of hydrogen-bond acceptors (Lipinski definition) is 8. The molecule has 0 bridgehead atoms. The molecule has 1 aliphatic heterocycles. The molecule has 26 heavy (non-hydrogen) atoms. The molecule has 0 fully saturated rings. The highest BCUT2D eigenvalue weighted by molar-refractivity contribution is 5.81. The van der Waals surface area contributed by atoms with E-state index in [4.69, 9.17) is 0 Å². The van der Waals surface area contributed by atoms with E-state index in [-0.39, 0.29) is 0 Å². The molecule has 1 aromatic carbocycles. The van der Waals surface area contributed by atoms with Gasteiger partial charge in [0, 0.05) is 25.1 Å². The van der Waals surface area contributed by atoms with Crippen LogP contribution in [0.1, 0.15) is 5.56 Å². The lowest BCUT2D eigenvalue weighted by molar-refractivity contribution is 0.793. The molecule has 0 unspecified atom stereocenters. The molecular formula is C17H13N9. The van der Waals surface area contributed by atoms with Crippen molar-refractivity contribution in [2.45, 2.75) is 6.54 Å². The molecule has 4 aromatic rings. The summed E-state index contributed by atoms with van der Waals surface area (Å²) in [5, 5.41) is 18.6. The molecule has 2 N–H and O–H groups in total. The second-order valence-electron chi connectivity index (χ2n) is 5.73. The third-order valence-electron chi connectivity index (χ3n) is 4.06. The van der Waals surface area contributed by atoms with Crippen LogP contribution in [0.15, 0.2) is 55.0 Å². The van der Waals surface area contributed by atoms with E-state index < -0.39 is 0 Å². The Bertz CT molecular complexity index is 1070. The van der Waals surface area contributed by atoms with Gasteiger partial charge in [0.1, 0.15) is 5.82 Å². The van der Waals surface area contributed by atoms with Crippen molar-refractivity contribution in [2.24, 2.45) is 0 Å². The first-order valence-corrected chi connectivity index (χ1v) is 8.03. The normalized spacial score (nSPS) is 11.5. The maximum Gasteiger partial charge on any atom is 0.224 e. The summed E-state index contributed by atoms with van der Waals surface area (Å²) in [4.78, 5) is 13.1. The Morgan fingerprint density at radius 2 is 2.04 bits per heavy atom. The summed E-state index contributed by atoms with van der Waals surface area (Å²) in [7, 11) is 0. The first-order chi connectivity index (χ1) is 12.9. The number of nitrogens with one attached hydrogen (secondary N) is 2. The van der Waals surface area contributed by atoms with Crippen LogP contribution in [-0.4, -0.2) is 35.2 Å². The molecule has 0 saturated carbocycles. The van der Waals surface area contributed by atoms with Crippen LogP contribution >= 0.6 is 0 Å². The van der Waals surface area contributed by atoms with Crippen LogP contribution in [0.3, 0.4) is 0 Å². The van der Waals surface area contributed by atoms with Crippen molar-refractivity contribution in [3.63, 3.8) is 0 Å². The van der Waals surface area contributed by atoms with Crippen LogP contribution in [-0.2, 0) is 6.54 Å². The molecule has 3 aromatic heterocycles. The van der Waals surface area contributed by atoms with Gasteiger partial charge in [-0.05, 0) is 34.2 Å². The zero-order valence-electron chi connectivity index (χ0n) is 13.5. The third kappa shape index (κ3) is 2.42. The van der Waals surface area contributed by atoms with Gasteiger partial charge in [-0.1, -0.05) is 18.2 Å². The lowest BCUT2D eigenvalue weighted by Crippen LogP contribution is -2.06. The second kappa shape index (κ2) is 5.88. The predicted octanol–water partition coefficient (Wildman–Crippen LogP) is 2.18. The number of pyridine rings is 1. The van der Waals surface area contributed by atoms with Crippen molar-refractivity contribution in [3.8, 4) is 17.1 Å². The number of fused-ring (bicyclic) bond motifs is 5. The molecular weight excluding hydrogens is 330 g/mol. The lowest BCUT2D eigenvalue weighted by Gasteiger charge is -2.10. The molecule has 9 heteroatoms. The maximum absolute atomic E-state index is 4.60. The molecule has 9 nitrogen and oxygen atoms in total. The summed E-state index contributed by atoms with van der Waals surface area (Å²) in [6.07, 6.45) is 5.27. The van der Waals surface area contributed by atoms with Crippen molar-refractivity contribution in [1.82, 2.24) is 35.2 Å². The summed E-state index contributed by atoms with van der Waals surface area (Å²) < 4.78 is 1.68. The van der Waals surface area contributed by atoms with E-state index in [0.717, 1.165) is 22.5 Å². The first kappa shape index (κ1) is 14.5. The Morgan fingerprint density at radius 1 is 1.08 bits per heavy atom. The number of rotatable bonds is 3. The van der Waals surface area contributed by atoms with Gasteiger partial charge in [-0.3, -0.25) is 4.98 Å². The highest BCUT2D eigenvalue weighted by Gasteiger charge is 2.23. The Morgan fingerprint density at radius 3 is 2.96 bits per heavy atom. The zero-order valence-corrected chi connectivity index (χ0v) is 13.5. The molecule has 0 amide bonds. The second-order valence-corrected chi connectivity index (χ2v) is 5.73. The summed E-state index contributed by atoms with van der Waals surface area (Å²) >= 11 is 0. The van der Waals surface area contributed by atoms with Crippen LogP contribution in [0.2, 0.25) is 0 Å². The van der Waals surface area contributed by atoms with E-state index in [0.29, 0.717) is 24.1 Å². The summed E-state index contributed by atoms with van der Waals surface area (Å²) in [6, 6.07) is 11.7. The van der Waals surface area contributed by atoms with Gasteiger partial charge in [-0.15, -0.1) is 5.10 Å². The minimum Gasteiger partial charge on any atom is -0.350 e. The van der Waals surface area contributed by atoms with Crippen LogP contribution < -0.4 is 10.6 Å². The third-order valence-corrected chi connectivity index (χ3v) is 4.06. The average molecular weight is 343 g/mol. The molecule has 0 saturated heterocycles. The van der Waals surface area contributed by atoms with Crippen LogP contribution in [0, 0.1) is 0 Å². The zero-order chi connectivity index (χ0) is 17.3. The molecule has 0 atom stereocenters. The Hall–Kier alpha value is -3.88. The van der Waals surface area contributed by atoms with Gasteiger partial charge in [-0.2, -0.15) is 9.67 Å². The van der Waals surface area contributed by atoms with Gasteiger partial charge in [0.15, 0.2) is 5.82 Å². The fraction of sp³-hybridized carbons (Fsp3) is 0.0588. The maximum atomic E-state index is 4.60. The number of para-hydroxylation sites is 2. The average Bonchev–Trinajstić information content (AvgIpc) is 3.13. The highest BCUT2D eigenvalue weighted by Crippen LogP contribution is 2.35. The van der Waals surface area contributed by atoms with E-state index in [1.54, 1.807) is 23.3 Å². The standard InChI is InChI=1S/C17H13N9/c1-2-6-14-13(5-1)21-15-12(16-23-24-25-26(14)16)10-20-17(22-15)19-9-11-4-3-7-18-8-11/h1-8,10H,9H2,(H2,19,20,21,22). The SMILES string of the molecule is c1cncc(CNc2ncc3c(n2)Nc2ccccc2-n2nnnc2-3)c1. The summed E-state index contributed by atoms with van der Waals surface area (Å²) in [6.45, 7) is 0.584. The van der Waals surface area contributed by atoms with Gasteiger partial charge in [0.25, 0.3) is 0 Å². The first-order valence-electron chi connectivity index (χ1n) is 8.03. The fourth-order valence-electron chi connectivity index (χ4n) is 2.82. The fourth-order valence-corrected chi connectivity index (χ4v) is 2.82. The van der Waals surface area contributed by atoms with Crippen molar-refractivity contribution in [2.75, 3.05) is 10.6 Å². The molecule has 1 aliphatic rings. The van der Waals surface area contributed by atoms with E-state index in [9.17, 15) is 0 Å². The van der Waals surface area contributed by atoms with E-state index in [2.05, 4.69) is 41.1 Å². The van der Waals surface area contributed by atoms with Crippen molar-refractivity contribution < 1.29 is 0 Å². The van der Waals surface area contributed by atoms with Gasteiger partial charge in [0.2, 0.25) is 5.95 Å². The molecule has 0 aliphatic carbocycles. The number of tetrazole rings is 1. The van der Waals surface area contributed by atoms with Crippen LogP contribution in [0.25, 0.3) is 17.1 Å². The topological polar surface area (TPSA) is 106 Å². The largest absolute Gasteiger partial charge is 0.350 e. The molecule has 5 rings (SSSR count). The smallest absolute Gasteiger partial charge is 0.224 e. The van der Waals surface area contributed by atoms with E-state index in [1.165, 1.54) is 0 Å². The van der Waals surface area contributed by atoms with E-state index in [1.807, 2.05) is 36.4 Å². The molecule has 4 heterocycles. The molecule has 126 valence electrons. The lowest BCUT2D eigenvalue weighted by atomic mass is 10.2. The van der Waals surface area contributed by atoms with E-state index >= 15 is 0 Å². The van der Waals surface area contributed by atoms with Gasteiger partial charge in [-0.25, -0.2) is 4.98 Å². The number of benzene rings is 1. The Labute approximate surface area is 148 Å². The molecule has 0 radical (unpaired) electrons. The molecule has 0 spiro atoms. The summed E-state index contributed by atoms with van der Waals surface area (Å²) in [5.74, 6) is 1.75. The van der Waals surface area contributed by atoms with Crippen LogP contribution in [0.5, 0.6) is 0 Å².